The van der Waals surface area contributed by atoms with Crippen molar-refractivity contribution in [2.75, 3.05) is 143 Å². The molecule has 0 aromatic heterocycles. The molecule has 13 rings (SSSR count). The van der Waals surface area contributed by atoms with Crippen LogP contribution in [0.15, 0.2) is 0 Å². The Labute approximate surface area is 745 Å². The molecule has 43 nitrogen and oxygen atoms in total. The van der Waals surface area contributed by atoms with Gasteiger partial charge in [0.2, 0.25) is 118 Å². The zero-order valence-electron chi connectivity index (χ0n) is 72.8. The molecule has 13 aliphatic heterocycles. The molecular formula is C84H123N21O22S. The molecule has 0 aromatic rings. The van der Waals surface area contributed by atoms with Gasteiger partial charge in [0, 0.05) is 78.5 Å². The summed E-state index contributed by atoms with van der Waals surface area (Å²) in [6, 6.07) is -12.6. The van der Waals surface area contributed by atoms with Gasteiger partial charge in [-0.25, -0.2) is 0 Å². The third-order valence-electron chi connectivity index (χ3n) is 27.7. The number of carboxylic acids is 1. The highest BCUT2D eigenvalue weighted by atomic mass is 32.2. The second kappa shape index (κ2) is 43.5. The minimum Gasteiger partial charge on any atom is -0.480 e. The molecule has 0 aromatic carbocycles. The van der Waals surface area contributed by atoms with E-state index in [-0.39, 0.29) is 142 Å². The van der Waals surface area contributed by atoms with Gasteiger partial charge in [0.05, 0.1) is 45.3 Å². The highest BCUT2D eigenvalue weighted by molar-refractivity contribution is 7.98. The first-order valence-corrected chi connectivity index (χ1v) is 47.3. The molecule has 0 aliphatic carbocycles. The molecule has 128 heavy (non-hydrogen) atoms. The average Bonchev–Trinajstić information content (AvgIpc) is 1.65. The van der Waals surface area contributed by atoms with Crippen molar-refractivity contribution in [3.8, 4) is 0 Å². The van der Waals surface area contributed by atoms with E-state index in [1.165, 1.54) is 65.7 Å². The van der Waals surface area contributed by atoms with Crippen LogP contribution in [0, 0.1) is 0 Å². The third-order valence-corrected chi connectivity index (χ3v) is 28.3. The zero-order chi connectivity index (χ0) is 91.1. The van der Waals surface area contributed by atoms with E-state index in [2.05, 4.69) is 47.9 Å². The molecule has 0 radical (unpaired) electrons. The van der Waals surface area contributed by atoms with Crippen LogP contribution in [0.25, 0.3) is 0 Å². The topological polar surface area (TPSA) is 526 Å². The molecule has 13 fully saturated rings. The van der Waals surface area contributed by atoms with Gasteiger partial charge in [-0.15, -0.1) is 0 Å². The second-order valence-electron chi connectivity index (χ2n) is 35.5. The Morgan fingerprint density at radius 3 is 0.758 bits per heavy atom. The predicted octanol–water partition coefficient (Wildman–Crippen LogP) is -6.23. The van der Waals surface area contributed by atoms with Crippen molar-refractivity contribution in [1.82, 2.24) is 107 Å². The van der Waals surface area contributed by atoms with Crippen molar-refractivity contribution < 1.29 is 106 Å². The largest absolute Gasteiger partial charge is 0.480 e. The number of carbonyl (C=O) groups is 21. The van der Waals surface area contributed by atoms with Crippen molar-refractivity contribution in [3.63, 3.8) is 0 Å². The number of nitrogens with one attached hydrogen (secondary N) is 9. The van der Waals surface area contributed by atoms with Gasteiger partial charge < -0.3 is 112 Å². The van der Waals surface area contributed by atoms with Gasteiger partial charge >= 0.3 is 5.97 Å². The SMILES string of the molecule is CSCC[C@H](NC(=O)CNC(=O)[C@@H]1CCCN1C(=O)[C@@H]1CCCN1C(=O)CNC(=O)[C@@H]1CCCN1C(=O)[C@@H]1CCCN1C(=O)CNC(=O)[C@@H]1CCCN1C(=O)[C@@H]1CCCN1C(=O)CNC(=O)[C@@H]1CCCN1C(=O)[C@@H]1CCCN1C(=O)CNC(=O)[C@@H]1CCCN1C(=O)[C@@H]1CCCN1C(=O)CNC(=O)[C@@H]1CCCN1C(=O)[C@@H]1CCCN1)C(=O)N1CCC[C@H]1C(=O)NCC(=O)O. The maximum Gasteiger partial charge on any atom is 0.322 e. The van der Waals surface area contributed by atoms with E-state index in [1.54, 1.807) is 4.90 Å². The molecule has 14 atom stereocenters. The number of rotatable bonds is 32. The Morgan fingerprint density at radius 2 is 0.508 bits per heavy atom. The van der Waals surface area contributed by atoms with Crippen LogP contribution in [0.4, 0.5) is 0 Å². The van der Waals surface area contributed by atoms with E-state index in [4.69, 9.17) is 5.11 Å². The van der Waals surface area contributed by atoms with Crippen molar-refractivity contribution in [2.45, 2.75) is 258 Å². The first kappa shape index (κ1) is 94.8. The summed E-state index contributed by atoms with van der Waals surface area (Å²) in [4.78, 5) is 305. The van der Waals surface area contributed by atoms with Crippen molar-refractivity contribution >= 4 is 136 Å². The molecule has 13 aliphatic rings. The van der Waals surface area contributed by atoms with Crippen LogP contribution in [0.1, 0.15) is 173 Å². The first-order chi connectivity index (χ1) is 61.6. The number of carboxylic acid groups (broad SMARTS) is 1. The summed E-state index contributed by atoms with van der Waals surface area (Å²) in [7, 11) is 0. The molecule has 0 saturated carbocycles. The van der Waals surface area contributed by atoms with Crippen LogP contribution in [0.5, 0.6) is 0 Å². The maximum absolute atomic E-state index is 14.4. The van der Waals surface area contributed by atoms with Gasteiger partial charge in [-0.1, -0.05) is 0 Å². The summed E-state index contributed by atoms with van der Waals surface area (Å²) in [5.74, 6) is -11.2. The van der Waals surface area contributed by atoms with Crippen LogP contribution in [-0.2, 0) is 101 Å². The lowest BCUT2D eigenvalue weighted by Crippen LogP contribution is -2.57. The summed E-state index contributed by atoms with van der Waals surface area (Å²) in [5, 5.41) is 33.2. The zero-order valence-corrected chi connectivity index (χ0v) is 73.6. The summed E-state index contributed by atoms with van der Waals surface area (Å²) >= 11 is 1.43. The molecule has 0 spiro atoms. The van der Waals surface area contributed by atoms with Crippen LogP contribution in [-0.4, -0.2) is 416 Å². The third kappa shape index (κ3) is 21.7. The summed E-state index contributed by atoms with van der Waals surface area (Å²) in [6.45, 7) is -0.0932. The smallest absolute Gasteiger partial charge is 0.322 e. The highest BCUT2D eigenvalue weighted by Crippen LogP contribution is 2.33. The first-order valence-electron chi connectivity index (χ1n) is 45.9. The van der Waals surface area contributed by atoms with Crippen molar-refractivity contribution in [1.29, 1.82) is 0 Å². The van der Waals surface area contributed by atoms with Crippen LogP contribution < -0.4 is 47.9 Å². The predicted molar refractivity (Wildman–Crippen MR) is 451 cm³/mol. The summed E-state index contributed by atoms with van der Waals surface area (Å²) < 4.78 is 0. The van der Waals surface area contributed by atoms with E-state index < -0.39 is 236 Å². The number of thioether (sulfide) groups is 1. The van der Waals surface area contributed by atoms with Gasteiger partial charge in [-0.3, -0.25) is 101 Å². The van der Waals surface area contributed by atoms with E-state index in [1.807, 2.05) is 6.26 Å². The van der Waals surface area contributed by atoms with Gasteiger partial charge in [-0.2, -0.15) is 11.8 Å². The standard InChI is InChI=1S/C84H123N21O22S/c1-128-42-28-51(79(122)100-36-4-17-53(100)77(120)92-49-70(112)113)93-64(106)43-86-71(114)54-18-5-37-101(54)80(123)59-23-10-30-94(59)66(108)45-88-73(116)56-20-7-39-103(56)82(125)61-25-12-32-96(61)68(110)47-90-75(118)58-22-9-41-105(58)84(127)63-27-14-34-98(63)69(111)48-91-76(119)57-21-8-40-104(57)83(126)62-26-13-33-97(62)67(109)46-89-74(117)55-19-6-38-102(55)81(124)60-24-11-31-95(60)65(107)44-87-72(115)52-16-3-35-99(52)78(121)50-15-2-29-85-50/h50-63,85H,2-49H2,1H3,(H,86,114)(H,87,115)(H,88,116)(H,89,117)(H,90,118)(H,91,119)(H,92,120)(H,93,106)(H,112,113)/t50-,51-,52-,53-,54-,55-,56-,57-,58-,59-,60-,61-,62-,63-/m0/s1. The Kier molecular flexibility index (Phi) is 32.2. The number of hydrogen-bond donors (Lipinski definition) is 10. The number of hydrogen-bond acceptors (Lipinski definition) is 23. The molecule has 44 heteroatoms. The Morgan fingerprint density at radius 1 is 0.281 bits per heavy atom. The normalized spacial score (nSPS) is 27.0. The molecule has 10 N–H and O–H groups in total. The average molecular weight is 1810 g/mol. The monoisotopic (exact) mass is 1810 g/mol. The number of aliphatic carboxylic acids is 1. The molecule has 702 valence electrons. The van der Waals surface area contributed by atoms with Crippen LogP contribution in [0.2, 0.25) is 0 Å². The van der Waals surface area contributed by atoms with Crippen molar-refractivity contribution in [3.05, 3.63) is 0 Å². The van der Waals surface area contributed by atoms with Gasteiger partial charge in [-0.05, 0) is 192 Å². The minimum absolute atomic E-state index is 0.123. The van der Waals surface area contributed by atoms with E-state index in [0.717, 1.165) is 13.0 Å². The van der Waals surface area contributed by atoms with Crippen LogP contribution >= 0.6 is 11.8 Å². The lowest BCUT2D eigenvalue weighted by Gasteiger charge is -2.32. The quantitative estimate of drug-likeness (QED) is 0.0300. The maximum atomic E-state index is 14.4. The van der Waals surface area contributed by atoms with Gasteiger partial charge in [0.1, 0.15) is 85.1 Å². The molecular weight excluding hydrogens is 1690 g/mol. The molecule has 13 saturated heterocycles. The van der Waals surface area contributed by atoms with Crippen molar-refractivity contribution in [2.24, 2.45) is 0 Å². The van der Waals surface area contributed by atoms with E-state index in [0.29, 0.717) is 128 Å². The Bertz CT molecular complexity index is 4290. The van der Waals surface area contributed by atoms with Gasteiger partial charge in [0.15, 0.2) is 0 Å². The number of amides is 20. The van der Waals surface area contributed by atoms with Crippen LogP contribution in [0.3, 0.4) is 0 Å². The van der Waals surface area contributed by atoms with E-state index in [9.17, 15) is 101 Å². The van der Waals surface area contributed by atoms with E-state index >= 15 is 0 Å². The Balaban J connectivity index is 0.517. The fourth-order valence-corrected chi connectivity index (χ4v) is 21.7. The lowest BCUT2D eigenvalue weighted by molar-refractivity contribution is -0.148. The van der Waals surface area contributed by atoms with Gasteiger partial charge in [0.25, 0.3) is 0 Å². The summed E-state index contributed by atoms with van der Waals surface area (Å²) in [5.41, 5.74) is 0. The lowest BCUT2D eigenvalue weighted by atomic mass is 10.1. The molecule has 0 bridgehead atoms. The molecule has 20 amide bonds. The Hall–Kier alpha value is -10.8. The summed E-state index contributed by atoms with van der Waals surface area (Å²) in [6.07, 6.45) is 13.0. The number of likely N-dealkylation sites (tertiary alicyclic amines) is 12. The molecule has 13 heterocycles. The molecule has 0 unspecified atom stereocenters. The number of nitrogens with zero attached hydrogens (tertiary/aromatic N) is 12. The minimum atomic E-state index is -1.25. The fourth-order valence-electron chi connectivity index (χ4n) is 21.2. The fraction of sp³-hybridized carbons (Fsp3) is 0.750. The number of carbonyl (C=O) groups excluding carboxylic acids is 20. The second-order valence-corrected chi connectivity index (χ2v) is 36.5. The highest BCUT2D eigenvalue weighted by Gasteiger charge is 2.51.